The maximum absolute atomic E-state index is 12.7. The number of rotatable bonds is 2. The van der Waals surface area contributed by atoms with Crippen LogP contribution in [0.3, 0.4) is 0 Å². The fourth-order valence-corrected chi connectivity index (χ4v) is 4.86. The molecule has 1 amide bonds. The zero-order valence-corrected chi connectivity index (χ0v) is 16.4. The summed E-state index contributed by atoms with van der Waals surface area (Å²) in [5.74, 6) is 0. The molecule has 27 heavy (non-hydrogen) atoms. The van der Waals surface area contributed by atoms with Gasteiger partial charge in [-0.25, -0.2) is 14.8 Å². The molecule has 1 unspecified atom stereocenters. The number of aryl methyl sites for hydroxylation is 1. The minimum absolute atomic E-state index is 0.0726. The monoisotopic (exact) mass is 406 g/mol. The highest BCUT2D eigenvalue weighted by Gasteiger charge is 2.55. The molecule has 1 spiro atoms. The van der Waals surface area contributed by atoms with E-state index in [0.29, 0.717) is 32.4 Å². The number of alkyl halides is 3. The predicted octanol–water partition coefficient (Wildman–Crippen LogP) is 2.29. The van der Waals surface area contributed by atoms with E-state index in [1.165, 1.54) is 6.92 Å². The van der Waals surface area contributed by atoms with E-state index in [1.54, 1.807) is 30.3 Å². The van der Waals surface area contributed by atoms with Crippen molar-refractivity contribution in [1.29, 1.82) is 0 Å². The van der Waals surface area contributed by atoms with Gasteiger partial charge in [-0.05, 0) is 27.7 Å². The highest BCUT2D eigenvalue weighted by Crippen LogP contribution is 2.50. The van der Waals surface area contributed by atoms with Crippen LogP contribution in [-0.4, -0.2) is 62.3 Å². The molecule has 2 saturated heterocycles. The summed E-state index contributed by atoms with van der Waals surface area (Å²) in [6.07, 6.45) is -4.27. The van der Waals surface area contributed by atoms with Gasteiger partial charge in [0.05, 0.1) is 11.9 Å². The zero-order chi connectivity index (χ0) is 20.2. The summed E-state index contributed by atoms with van der Waals surface area (Å²) >= 11 is 0. The van der Waals surface area contributed by atoms with Gasteiger partial charge in [-0.15, -0.1) is 0 Å². The Morgan fingerprint density at radius 1 is 1.26 bits per heavy atom. The van der Waals surface area contributed by atoms with Gasteiger partial charge >= 0.3 is 12.3 Å². The summed E-state index contributed by atoms with van der Waals surface area (Å²) in [6, 6.07) is 0. The molecule has 0 aromatic carbocycles. The number of aromatic nitrogens is 2. The Hall–Kier alpha value is -1.51. The summed E-state index contributed by atoms with van der Waals surface area (Å²) in [7, 11) is -1.84. The van der Waals surface area contributed by atoms with Crippen molar-refractivity contribution in [2.75, 3.05) is 26.2 Å². The molecule has 1 N–H and O–H groups in total. The lowest BCUT2D eigenvalue weighted by Gasteiger charge is -2.60. The Morgan fingerprint density at radius 3 is 2.33 bits per heavy atom. The molecule has 2 fully saturated rings. The van der Waals surface area contributed by atoms with Crippen LogP contribution in [0.2, 0.25) is 0 Å². The van der Waals surface area contributed by atoms with Crippen molar-refractivity contribution in [3.8, 4) is 0 Å². The van der Waals surface area contributed by atoms with E-state index >= 15 is 0 Å². The molecule has 7 nitrogen and oxygen atoms in total. The fourth-order valence-electron chi connectivity index (χ4n) is 3.22. The molecule has 0 aliphatic carbocycles. The number of nitrogens with zero attached hydrogens (tertiary/aromatic N) is 4. The van der Waals surface area contributed by atoms with Crippen molar-refractivity contribution in [2.45, 2.75) is 39.5 Å². The van der Waals surface area contributed by atoms with Gasteiger partial charge in [-0.1, -0.05) is 0 Å². The molecule has 1 aromatic heterocycles. The standard InChI is InChI=1S/C16H22F3N4O3P/c1-10-12(20-5-11(21-10)16(17,18)19)27(25)23-8-15(9-23)6-22(7-15)13(24)26-14(2,3)4/h5,25H,6-9H2,1-4H3. The van der Waals surface area contributed by atoms with E-state index in [0.717, 1.165) is 0 Å². The summed E-state index contributed by atoms with van der Waals surface area (Å²) < 4.78 is 45.1. The first-order valence-electron chi connectivity index (χ1n) is 8.42. The smallest absolute Gasteiger partial charge is 0.434 e. The van der Waals surface area contributed by atoms with E-state index in [1.807, 2.05) is 0 Å². The van der Waals surface area contributed by atoms with Crippen molar-refractivity contribution < 1.29 is 27.6 Å². The van der Waals surface area contributed by atoms with Crippen molar-refractivity contribution in [3.63, 3.8) is 0 Å². The fraction of sp³-hybridized carbons (Fsp3) is 0.688. The lowest BCUT2D eigenvalue weighted by atomic mass is 9.75. The summed E-state index contributed by atoms with van der Waals surface area (Å²) in [4.78, 5) is 31.4. The first-order chi connectivity index (χ1) is 12.3. The largest absolute Gasteiger partial charge is 0.444 e. The van der Waals surface area contributed by atoms with E-state index in [9.17, 15) is 22.9 Å². The molecule has 0 saturated carbocycles. The average molecular weight is 406 g/mol. The minimum Gasteiger partial charge on any atom is -0.444 e. The average Bonchev–Trinajstić information content (AvgIpc) is 2.40. The second-order valence-electron chi connectivity index (χ2n) is 8.11. The molecular formula is C16H22F3N4O3P. The zero-order valence-electron chi connectivity index (χ0n) is 15.5. The highest BCUT2D eigenvalue weighted by atomic mass is 31.2. The molecule has 3 heterocycles. The molecule has 11 heteroatoms. The second kappa shape index (κ2) is 6.53. The Labute approximate surface area is 156 Å². The van der Waals surface area contributed by atoms with Crippen LogP contribution in [0, 0.1) is 12.3 Å². The van der Waals surface area contributed by atoms with E-state index in [-0.39, 0.29) is 22.6 Å². The van der Waals surface area contributed by atoms with Crippen LogP contribution in [0.4, 0.5) is 18.0 Å². The second-order valence-corrected chi connectivity index (χ2v) is 9.68. The molecule has 1 atom stereocenters. The van der Waals surface area contributed by atoms with Gasteiger partial charge in [-0.3, -0.25) is 4.67 Å². The normalized spacial score (nSPS) is 20.8. The lowest BCUT2D eigenvalue weighted by Crippen LogP contribution is -2.72. The molecule has 0 bridgehead atoms. The van der Waals surface area contributed by atoms with Crippen LogP contribution in [0.5, 0.6) is 0 Å². The quantitative estimate of drug-likeness (QED) is 0.760. The van der Waals surface area contributed by atoms with Gasteiger partial charge < -0.3 is 14.5 Å². The number of halogens is 3. The topological polar surface area (TPSA) is 78.8 Å². The SMILES string of the molecule is Cc1nc(C(F)(F)F)cnc1P(O)N1CC2(CN(C(=O)OC(C)(C)C)C2)C1. The van der Waals surface area contributed by atoms with E-state index in [4.69, 9.17) is 4.74 Å². The minimum atomic E-state index is -4.56. The number of hydrogen-bond acceptors (Lipinski definition) is 6. The van der Waals surface area contributed by atoms with Crippen LogP contribution >= 0.6 is 8.30 Å². The maximum Gasteiger partial charge on any atom is 0.434 e. The van der Waals surface area contributed by atoms with Crippen LogP contribution < -0.4 is 5.44 Å². The Balaban J connectivity index is 1.56. The molecule has 2 aliphatic heterocycles. The van der Waals surface area contributed by atoms with Gasteiger partial charge in [0.2, 0.25) is 0 Å². The van der Waals surface area contributed by atoms with E-state index < -0.39 is 25.8 Å². The van der Waals surface area contributed by atoms with Gasteiger partial charge in [0.15, 0.2) is 14.0 Å². The first kappa shape index (κ1) is 20.2. The number of amides is 1. The van der Waals surface area contributed by atoms with Crippen LogP contribution in [0.15, 0.2) is 6.20 Å². The number of ether oxygens (including phenoxy) is 1. The third-order valence-electron chi connectivity index (χ3n) is 4.41. The van der Waals surface area contributed by atoms with Crippen molar-refractivity contribution in [1.82, 2.24) is 19.5 Å². The maximum atomic E-state index is 12.7. The highest BCUT2D eigenvalue weighted by molar-refractivity contribution is 7.57. The third-order valence-corrected chi connectivity index (χ3v) is 6.05. The van der Waals surface area contributed by atoms with Crippen molar-refractivity contribution in [3.05, 3.63) is 17.6 Å². The molecule has 2 aliphatic rings. The molecule has 0 radical (unpaired) electrons. The lowest BCUT2D eigenvalue weighted by molar-refractivity contribution is -0.141. The summed E-state index contributed by atoms with van der Waals surface area (Å²) in [5, 5.41) is 0. The van der Waals surface area contributed by atoms with Crippen molar-refractivity contribution >= 4 is 19.8 Å². The van der Waals surface area contributed by atoms with Crippen LogP contribution in [0.1, 0.15) is 32.2 Å². The van der Waals surface area contributed by atoms with Gasteiger partial charge in [0.1, 0.15) is 11.0 Å². The first-order valence-corrected chi connectivity index (χ1v) is 9.67. The predicted molar refractivity (Wildman–Crippen MR) is 92.4 cm³/mol. The van der Waals surface area contributed by atoms with Crippen LogP contribution in [-0.2, 0) is 10.9 Å². The molecule has 3 rings (SSSR count). The summed E-state index contributed by atoms with van der Waals surface area (Å²) in [6.45, 7) is 9.01. The third kappa shape index (κ3) is 4.17. The van der Waals surface area contributed by atoms with Gasteiger partial charge in [-0.2, -0.15) is 13.2 Å². The number of carbonyl (C=O) groups excluding carboxylic acids is 1. The summed E-state index contributed by atoms with van der Waals surface area (Å²) in [5.41, 5.74) is -1.46. The van der Waals surface area contributed by atoms with Crippen LogP contribution in [0.25, 0.3) is 0 Å². The number of carbonyl (C=O) groups is 1. The molecule has 1 aromatic rings. The number of likely N-dealkylation sites (tertiary alicyclic amines) is 1. The number of hydrogen-bond donors (Lipinski definition) is 1. The molecule has 150 valence electrons. The Morgan fingerprint density at radius 2 is 1.85 bits per heavy atom. The van der Waals surface area contributed by atoms with Gasteiger partial charge in [0, 0.05) is 31.6 Å². The Kier molecular flexibility index (Phi) is 4.89. The van der Waals surface area contributed by atoms with Gasteiger partial charge in [0.25, 0.3) is 0 Å². The Bertz CT molecular complexity index is 739. The van der Waals surface area contributed by atoms with E-state index in [2.05, 4.69) is 9.97 Å². The van der Waals surface area contributed by atoms with Crippen molar-refractivity contribution in [2.24, 2.45) is 5.41 Å². The molecular weight excluding hydrogens is 384 g/mol.